The standard InChI is InChI=1S/C18H19N5O/c1-24-15-9-5-8-14(10-15)23-18-16(19)17(21-12-22-18)20-11-13-6-3-2-4-7-13/h2-10,12H,11,19H2,1H3,(H2,20,21,22,23). The van der Waals surface area contributed by atoms with E-state index in [0.29, 0.717) is 23.9 Å². The zero-order valence-corrected chi connectivity index (χ0v) is 13.4. The van der Waals surface area contributed by atoms with Gasteiger partial charge in [0.05, 0.1) is 7.11 Å². The summed E-state index contributed by atoms with van der Waals surface area (Å²) in [4.78, 5) is 8.43. The molecule has 0 aliphatic carbocycles. The van der Waals surface area contributed by atoms with E-state index >= 15 is 0 Å². The van der Waals surface area contributed by atoms with E-state index in [1.807, 2.05) is 54.6 Å². The monoisotopic (exact) mass is 321 g/mol. The number of nitrogens with zero attached hydrogens (tertiary/aromatic N) is 2. The SMILES string of the molecule is COc1cccc(Nc2ncnc(NCc3ccccc3)c2N)c1. The lowest BCUT2D eigenvalue weighted by atomic mass is 10.2. The first-order valence-corrected chi connectivity index (χ1v) is 7.55. The lowest BCUT2D eigenvalue weighted by molar-refractivity contribution is 0.415. The first-order valence-electron chi connectivity index (χ1n) is 7.55. The van der Waals surface area contributed by atoms with Crippen molar-refractivity contribution in [3.05, 3.63) is 66.5 Å². The summed E-state index contributed by atoms with van der Waals surface area (Å²) in [5.41, 5.74) is 8.65. The first-order chi connectivity index (χ1) is 11.8. The molecule has 122 valence electrons. The summed E-state index contributed by atoms with van der Waals surface area (Å²) in [6, 6.07) is 17.6. The Morgan fingerprint density at radius 1 is 1.00 bits per heavy atom. The summed E-state index contributed by atoms with van der Waals surface area (Å²) in [6.45, 7) is 0.640. The van der Waals surface area contributed by atoms with Gasteiger partial charge in [-0.05, 0) is 17.7 Å². The van der Waals surface area contributed by atoms with Crippen LogP contribution in [-0.2, 0) is 6.54 Å². The van der Waals surface area contributed by atoms with Crippen molar-refractivity contribution in [3.63, 3.8) is 0 Å². The molecule has 0 spiro atoms. The van der Waals surface area contributed by atoms with Crippen LogP contribution in [0.4, 0.5) is 23.0 Å². The summed E-state index contributed by atoms with van der Waals surface area (Å²) in [5, 5.41) is 6.43. The van der Waals surface area contributed by atoms with Gasteiger partial charge in [0.1, 0.15) is 17.8 Å². The third-order valence-corrected chi connectivity index (χ3v) is 3.52. The number of anilines is 4. The normalized spacial score (nSPS) is 10.2. The van der Waals surface area contributed by atoms with Gasteiger partial charge in [0, 0.05) is 18.3 Å². The zero-order chi connectivity index (χ0) is 16.8. The molecule has 1 heterocycles. The molecule has 6 heteroatoms. The Hall–Kier alpha value is -3.28. The number of nitrogens with two attached hydrogens (primary N) is 1. The van der Waals surface area contributed by atoms with Crippen molar-refractivity contribution in [2.45, 2.75) is 6.54 Å². The topological polar surface area (TPSA) is 85.1 Å². The molecule has 4 N–H and O–H groups in total. The quantitative estimate of drug-likeness (QED) is 0.645. The maximum absolute atomic E-state index is 6.18. The highest BCUT2D eigenvalue weighted by Gasteiger charge is 2.08. The molecule has 3 rings (SSSR count). The van der Waals surface area contributed by atoms with E-state index in [0.717, 1.165) is 17.0 Å². The lowest BCUT2D eigenvalue weighted by Gasteiger charge is -2.13. The van der Waals surface area contributed by atoms with Crippen LogP contribution in [0.2, 0.25) is 0 Å². The number of benzene rings is 2. The number of ether oxygens (including phenoxy) is 1. The van der Waals surface area contributed by atoms with Crippen LogP contribution in [0.15, 0.2) is 60.9 Å². The maximum Gasteiger partial charge on any atom is 0.159 e. The molecule has 0 fully saturated rings. The fraction of sp³-hybridized carbons (Fsp3) is 0.111. The molecule has 1 aromatic heterocycles. The van der Waals surface area contributed by atoms with E-state index in [1.54, 1.807) is 7.11 Å². The summed E-state index contributed by atoms with van der Waals surface area (Å²) < 4.78 is 5.22. The van der Waals surface area contributed by atoms with Gasteiger partial charge in [-0.2, -0.15) is 0 Å². The van der Waals surface area contributed by atoms with Gasteiger partial charge >= 0.3 is 0 Å². The molecule has 3 aromatic rings. The fourth-order valence-electron chi connectivity index (χ4n) is 2.26. The number of nitrogen functional groups attached to an aromatic ring is 1. The van der Waals surface area contributed by atoms with Crippen LogP contribution >= 0.6 is 0 Å². The van der Waals surface area contributed by atoms with Crippen molar-refractivity contribution in [3.8, 4) is 5.75 Å². The van der Waals surface area contributed by atoms with E-state index in [1.165, 1.54) is 6.33 Å². The number of methoxy groups -OCH3 is 1. The van der Waals surface area contributed by atoms with Crippen LogP contribution in [0, 0.1) is 0 Å². The highest BCUT2D eigenvalue weighted by molar-refractivity contribution is 5.77. The Balaban J connectivity index is 1.75. The molecule has 0 atom stereocenters. The molecule has 0 aliphatic heterocycles. The summed E-state index contributed by atoms with van der Waals surface area (Å²) in [7, 11) is 1.63. The second kappa shape index (κ2) is 7.32. The predicted octanol–water partition coefficient (Wildman–Crippen LogP) is 3.42. The van der Waals surface area contributed by atoms with Gasteiger partial charge in [0.15, 0.2) is 11.6 Å². The van der Waals surface area contributed by atoms with Crippen molar-refractivity contribution in [2.75, 3.05) is 23.5 Å². The minimum absolute atomic E-state index is 0.469. The van der Waals surface area contributed by atoms with Crippen LogP contribution < -0.4 is 21.1 Å². The molecule has 24 heavy (non-hydrogen) atoms. The Labute approximate surface area is 140 Å². The van der Waals surface area contributed by atoms with Crippen LogP contribution in [0.25, 0.3) is 0 Å². The largest absolute Gasteiger partial charge is 0.497 e. The summed E-state index contributed by atoms with van der Waals surface area (Å²) in [6.07, 6.45) is 1.48. The molecule has 0 unspecified atom stereocenters. The van der Waals surface area contributed by atoms with Crippen LogP contribution in [0.5, 0.6) is 5.75 Å². The van der Waals surface area contributed by atoms with Crippen LogP contribution in [0.3, 0.4) is 0 Å². The van der Waals surface area contributed by atoms with Crippen molar-refractivity contribution < 1.29 is 4.74 Å². The average Bonchev–Trinajstić information content (AvgIpc) is 2.63. The van der Waals surface area contributed by atoms with Gasteiger partial charge in [-0.1, -0.05) is 36.4 Å². The van der Waals surface area contributed by atoms with Crippen molar-refractivity contribution >= 4 is 23.0 Å². The minimum Gasteiger partial charge on any atom is -0.497 e. The lowest BCUT2D eigenvalue weighted by Crippen LogP contribution is -2.08. The van der Waals surface area contributed by atoms with Gasteiger partial charge < -0.3 is 21.1 Å². The summed E-state index contributed by atoms with van der Waals surface area (Å²) in [5.74, 6) is 1.91. The van der Waals surface area contributed by atoms with E-state index in [-0.39, 0.29) is 0 Å². The van der Waals surface area contributed by atoms with Crippen molar-refractivity contribution in [1.82, 2.24) is 9.97 Å². The second-order valence-corrected chi connectivity index (χ2v) is 5.18. The van der Waals surface area contributed by atoms with Crippen molar-refractivity contribution in [1.29, 1.82) is 0 Å². The fourth-order valence-corrected chi connectivity index (χ4v) is 2.26. The number of nitrogens with one attached hydrogen (secondary N) is 2. The molecule has 0 saturated carbocycles. The van der Waals surface area contributed by atoms with E-state index in [4.69, 9.17) is 10.5 Å². The second-order valence-electron chi connectivity index (χ2n) is 5.18. The van der Waals surface area contributed by atoms with E-state index < -0.39 is 0 Å². The van der Waals surface area contributed by atoms with Crippen LogP contribution in [-0.4, -0.2) is 17.1 Å². The number of hydrogen-bond donors (Lipinski definition) is 3. The van der Waals surface area contributed by atoms with Crippen LogP contribution in [0.1, 0.15) is 5.56 Å². The van der Waals surface area contributed by atoms with E-state index in [9.17, 15) is 0 Å². The molecule has 2 aromatic carbocycles. The molecule has 0 radical (unpaired) electrons. The molecule has 0 saturated heterocycles. The number of rotatable bonds is 6. The average molecular weight is 321 g/mol. The van der Waals surface area contributed by atoms with Gasteiger partial charge in [-0.15, -0.1) is 0 Å². The Kier molecular flexibility index (Phi) is 4.76. The van der Waals surface area contributed by atoms with Gasteiger partial charge in [-0.25, -0.2) is 9.97 Å². The van der Waals surface area contributed by atoms with Gasteiger partial charge in [0.25, 0.3) is 0 Å². The smallest absolute Gasteiger partial charge is 0.159 e. The molecular formula is C18H19N5O. The summed E-state index contributed by atoms with van der Waals surface area (Å²) >= 11 is 0. The van der Waals surface area contributed by atoms with Gasteiger partial charge in [-0.3, -0.25) is 0 Å². The zero-order valence-electron chi connectivity index (χ0n) is 13.4. The molecule has 6 nitrogen and oxygen atoms in total. The third kappa shape index (κ3) is 3.73. The first kappa shape index (κ1) is 15.6. The molecule has 0 aliphatic rings. The maximum atomic E-state index is 6.18. The highest BCUT2D eigenvalue weighted by Crippen LogP contribution is 2.27. The molecule has 0 bridgehead atoms. The van der Waals surface area contributed by atoms with E-state index in [2.05, 4.69) is 20.6 Å². The Morgan fingerprint density at radius 3 is 2.58 bits per heavy atom. The van der Waals surface area contributed by atoms with Crippen molar-refractivity contribution in [2.24, 2.45) is 0 Å². The number of aromatic nitrogens is 2. The number of hydrogen-bond acceptors (Lipinski definition) is 6. The molecular weight excluding hydrogens is 302 g/mol. The minimum atomic E-state index is 0.469. The Bertz CT molecular complexity index is 808. The molecule has 0 amide bonds. The van der Waals surface area contributed by atoms with Gasteiger partial charge in [0.2, 0.25) is 0 Å². The highest BCUT2D eigenvalue weighted by atomic mass is 16.5. The Morgan fingerprint density at radius 2 is 1.79 bits per heavy atom. The third-order valence-electron chi connectivity index (χ3n) is 3.52. The predicted molar refractivity (Wildman–Crippen MR) is 96.5 cm³/mol.